The molecule has 0 spiro atoms. The molecule has 0 aromatic carbocycles. The molecule has 2 aromatic heterocycles. The zero-order valence-electron chi connectivity index (χ0n) is 7.81. The van der Waals surface area contributed by atoms with Crippen LogP contribution in [-0.2, 0) is 4.79 Å². The van der Waals surface area contributed by atoms with Crippen molar-refractivity contribution in [3.05, 3.63) is 40.7 Å². The highest BCUT2D eigenvalue weighted by Gasteiger charge is 1.97. The molecule has 0 radical (unpaired) electrons. The van der Waals surface area contributed by atoms with Gasteiger partial charge in [0.2, 0.25) is 5.91 Å². The fraction of sp³-hybridized carbons (Fsp3) is 0. The van der Waals surface area contributed by atoms with Gasteiger partial charge in [0.25, 0.3) is 0 Å². The van der Waals surface area contributed by atoms with Crippen LogP contribution >= 0.6 is 11.3 Å². The highest BCUT2D eigenvalue weighted by atomic mass is 32.1. The molecule has 0 saturated carbocycles. The lowest BCUT2D eigenvalue weighted by Gasteiger charge is -1.95. The van der Waals surface area contributed by atoms with Crippen LogP contribution in [0.2, 0.25) is 0 Å². The van der Waals surface area contributed by atoms with Crippen molar-refractivity contribution < 1.29 is 4.79 Å². The predicted octanol–water partition coefficient (Wildman–Crippen LogP) is 2.12. The number of carbonyl (C=O) groups is 1. The average molecular weight is 219 g/mol. The molecule has 5 heteroatoms. The minimum absolute atomic E-state index is 0.173. The third-order valence-corrected chi connectivity index (χ3v) is 2.54. The van der Waals surface area contributed by atoms with Crippen molar-refractivity contribution in [2.45, 2.75) is 0 Å². The average Bonchev–Trinajstić information content (AvgIpc) is 2.86. The van der Waals surface area contributed by atoms with Crippen LogP contribution in [0.3, 0.4) is 0 Å². The van der Waals surface area contributed by atoms with Gasteiger partial charge in [-0.15, -0.1) is 11.3 Å². The van der Waals surface area contributed by atoms with E-state index in [9.17, 15) is 4.79 Å². The van der Waals surface area contributed by atoms with E-state index in [0.29, 0.717) is 5.82 Å². The Morgan fingerprint density at radius 2 is 2.47 bits per heavy atom. The molecule has 0 bridgehead atoms. The number of nitrogens with one attached hydrogen (secondary N) is 2. The number of aromatic nitrogens is 2. The van der Waals surface area contributed by atoms with E-state index in [1.54, 1.807) is 29.7 Å². The van der Waals surface area contributed by atoms with Crippen LogP contribution in [0.5, 0.6) is 0 Å². The lowest BCUT2D eigenvalue weighted by atomic mass is 10.4. The summed E-state index contributed by atoms with van der Waals surface area (Å²) in [7, 11) is 0. The second-order valence-electron chi connectivity index (χ2n) is 2.81. The third kappa shape index (κ3) is 2.78. The number of anilines is 1. The summed E-state index contributed by atoms with van der Waals surface area (Å²) in [6.07, 6.45) is 4.85. The van der Waals surface area contributed by atoms with Gasteiger partial charge in [0.1, 0.15) is 5.82 Å². The van der Waals surface area contributed by atoms with Crippen molar-refractivity contribution in [2.24, 2.45) is 0 Å². The fourth-order valence-electron chi connectivity index (χ4n) is 1.04. The van der Waals surface area contributed by atoms with Gasteiger partial charge in [0.15, 0.2) is 0 Å². The highest BCUT2D eigenvalue weighted by molar-refractivity contribution is 7.10. The minimum atomic E-state index is -0.173. The van der Waals surface area contributed by atoms with Crippen LogP contribution in [0.4, 0.5) is 5.82 Å². The van der Waals surface area contributed by atoms with E-state index in [-0.39, 0.29) is 5.91 Å². The van der Waals surface area contributed by atoms with Crippen LogP contribution in [0.25, 0.3) is 6.08 Å². The van der Waals surface area contributed by atoms with Crippen molar-refractivity contribution in [2.75, 3.05) is 5.32 Å². The van der Waals surface area contributed by atoms with Crippen molar-refractivity contribution in [3.63, 3.8) is 0 Å². The van der Waals surface area contributed by atoms with E-state index in [1.807, 2.05) is 17.5 Å². The van der Waals surface area contributed by atoms with Crippen LogP contribution in [-0.4, -0.2) is 16.1 Å². The first kappa shape index (κ1) is 9.67. The van der Waals surface area contributed by atoms with Gasteiger partial charge >= 0.3 is 0 Å². The number of hydrogen-bond donors (Lipinski definition) is 2. The van der Waals surface area contributed by atoms with Crippen molar-refractivity contribution >= 4 is 29.1 Å². The van der Waals surface area contributed by atoms with Gasteiger partial charge in [-0.2, -0.15) is 5.10 Å². The summed E-state index contributed by atoms with van der Waals surface area (Å²) in [6.45, 7) is 0. The van der Waals surface area contributed by atoms with Crippen LogP contribution in [0.15, 0.2) is 35.9 Å². The van der Waals surface area contributed by atoms with E-state index in [4.69, 9.17) is 0 Å². The Morgan fingerprint density at radius 3 is 3.13 bits per heavy atom. The zero-order valence-corrected chi connectivity index (χ0v) is 8.62. The minimum Gasteiger partial charge on any atom is -0.307 e. The summed E-state index contributed by atoms with van der Waals surface area (Å²) in [5, 5.41) is 11.0. The quantitative estimate of drug-likeness (QED) is 0.777. The molecule has 2 aromatic rings. The standard InChI is InChI=1S/C10H9N3OS/c14-10(12-9-5-6-11-13-9)4-3-8-2-1-7-15-8/h1-7H,(H2,11,12,13,14). The molecule has 1 amide bonds. The molecule has 0 unspecified atom stereocenters. The molecule has 2 rings (SSSR count). The number of aromatic amines is 1. The number of rotatable bonds is 3. The number of H-pyrrole nitrogens is 1. The molecule has 2 heterocycles. The van der Waals surface area contributed by atoms with E-state index < -0.39 is 0 Å². The first-order valence-corrected chi connectivity index (χ1v) is 5.24. The van der Waals surface area contributed by atoms with Crippen molar-refractivity contribution in [3.8, 4) is 0 Å². The molecule has 0 aliphatic carbocycles. The lowest BCUT2D eigenvalue weighted by molar-refractivity contribution is -0.111. The van der Waals surface area contributed by atoms with Crippen LogP contribution < -0.4 is 5.32 Å². The normalized spacial score (nSPS) is 10.7. The Kier molecular flexibility index (Phi) is 2.94. The molecule has 0 aliphatic heterocycles. The van der Waals surface area contributed by atoms with E-state index in [2.05, 4.69) is 15.5 Å². The van der Waals surface area contributed by atoms with E-state index >= 15 is 0 Å². The van der Waals surface area contributed by atoms with Gasteiger partial charge in [0, 0.05) is 17.0 Å². The Balaban J connectivity index is 1.93. The second kappa shape index (κ2) is 4.56. The van der Waals surface area contributed by atoms with E-state index in [1.165, 1.54) is 6.08 Å². The molecule has 4 nitrogen and oxygen atoms in total. The molecule has 2 N–H and O–H groups in total. The Bertz CT molecular complexity index is 445. The van der Waals surface area contributed by atoms with Gasteiger partial charge < -0.3 is 5.32 Å². The largest absolute Gasteiger partial charge is 0.307 e. The second-order valence-corrected chi connectivity index (χ2v) is 3.79. The first-order valence-electron chi connectivity index (χ1n) is 4.36. The maximum absolute atomic E-state index is 11.4. The van der Waals surface area contributed by atoms with Gasteiger partial charge in [-0.25, -0.2) is 0 Å². The lowest BCUT2D eigenvalue weighted by Crippen LogP contribution is -2.07. The Labute approximate surface area is 90.6 Å². The maximum atomic E-state index is 11.4. The molecule has 0 atom stereocenters. The molecule has 76 valence electrons. The smallest absolute Gasteiger partial charge is 0.249 e. The number of nitrogens with zero attached hydrogens (tertiary/aromatic N) is 1. The monoisotopic (exact) mass is 219 g/mol. The topological polar surface area (TPSA) is 57.8 Å². The number of hydrogen-bond acceptors (Lipinski definition) is 3. The SMILES string of the molecule is O=C(C=Cc1cccs1)Nc1ccn[nH]1. The summed E-state index contributed by atoms with van der Waals surface area (Å²) < 4.78 is 0. The molecule has 15 heavy (non-hydrogen) atoms. The van der Waals surface area contributed by atoms with Crippen LogP contribution in [0, 0.1) is 0 Å². The molecule has 0 saturated heterocycles. The maximum Gasteiger partial charge on any atom is 0.249 e. The zero-order chi connectivity index (χ0) is 10.5. The number of thiophene rings is 1. The Hall–Kier alpha value is -1.88. The van der Waals surface area contributed by atoms with Crippen LogP contribution in [0.1, 0.15) is 4.88 Å². The summed E-state index contributed by atoms with van der Waals surface area (Å²) in [4.78, 5) is 12.4. The summed E-state index contributed by atoms with van der Waals surface area (Å²) in [5.41, 5.74) is 0. The fourth-order valence-corrected chi connectivity index (χ4v) is 1.66. The summed E-state index contributed by atoms with van der Waals surface area (Å²) in [6, 6.07) is 5.58. The van der Waals surface area contributed by atoms with Gasteiger partial charge in [-0.05, 0) is 17.5 Å². The molecule has 0 aliphatic rings. The molecular weight excluding hydrogens is 210 g/mol. The molecule has 0 fully saturated rings. The number of amides is 1. The highest BCUT2D eigenvalue weighted by Crippen LogP contribution is 2.10. The van der Waals surface area contributed by atoms with Crippen molar-refractivity contribution in [1.82, 2.24) is 10.2 Å². The predicted molar refractivity (Wildman–Crippen MR) is 60.6 cm³/mol. The number of carbonyl (C=O) groups excluding carboxylic acids is 1. The van der Waals surface area contributed by atoms with Crippen molar-refractivity contribution in [1.29, 1.82) is 0 Å². The summed E-state index contributed by atoms with van der Waals surface area (Å²) >= 11 is 1.59. The first-order chi connectivity index (χ1) is 7.34. The van der Waals surface area contributed by atoms with Gasteiger partial charge in [0.05, 0.1) is 6.20 Å². The van der Waals surface area contributed by atoms with E-state index in [0.717, 1.165) is 4.88 Å². The summed E-state index contributed by atoms with van der Waals surface area (Å²) in [5.74, 6) is 0.420. The van der Waals surface area contributed by atoms with Gasteiger partial charge in [-0.1, -0.05) is 6.07 Å². The molecular formula is C10H9N3OS. The third-order valence-electron chi connectivity index (χ3n) is 1.70. The Morgan fingerprint density at radius 1 is 1.53 bits per heavy atom. The van der Waals surface area contributed by atoms with Gasteiger partial charge in [-0.3, -0.25) is 9.89 Å².